The molecule has 84 valence electrons. The molecular formula is C13H15NO2. The number of cyclic esters (lactones) is 1. The van der Waals surface area contributed by atoms with E-state index in [4.69, 9.17) is 4.74 Å². The SMILES string of the molecule is CC/C(=C/N1CCOC1=O)c1ccccc1. The summed E-state index contributed by atoms with van der Waals surface area (Å²) >= 11 is 0. The second-order valence-electron chi connectivity index (χ2n) is 3.68. The van der Waals surface area contributed by atoms with Crippen LogP contribution in [0.3, 0.4) is 0 Å². The van der Waals surface area contributed by atoms with Gasteiger partial charge in [-0.25, -0.2) is 4.79 Å². The van der Waals surface area contributed by atoms with Crippen molar-refractivity contribution in [2.24, 2.45) is 0 Å². The molecule has 1 fully saturated rings. The number of carbonyl (C=O) groups is 1. The van der Waals surface area contributed by atoms with Crippen molar-refractivity contribution in [1.29, 1.82) is 0 Å². The first-order chi connectivity index (χ1) is 7.81. The summed E-state index contributed by atoms with van der Waals surface area (Å²) < 4.78 is 4.89. The number of hydrogen-bond acceptors (Lipinski definition) is 2. The van der Waals surface area contributed by atoms with Crippen LogP contribution in [-0.2, 0) is 4.74 Å². The normalized spacial score (nSPS) is 16.4. The Kier molecular flexibility index (Phi) is 3.25. The van der Waals surface area contributed by atoms with E-state index in [0.29, 0.717) is 13.2 Å². The third-order valence-corrected chi connectivity index (χ3v) is 2.63. The van der Waals surface area contributed by atoms with Crippen LogP contribution in [0.5, 0.6) is 0 Å². The Morgan fingerprint density at radius 1 is 1.44 bits per heavy atom. The third-order valence-electron chi connectivity index (χ3n) is 2.63. The van der Waals surface area contributed by atoms with E-state index in [1.165, 1.54) is 0 Å². The molecule has 1 aromatic carbocycles. The second-order valence-corrected chi connectivity index (χ2v) is 3.68. The minimum atomic E-state index is -0.248. The van der Waals surface area contributed by atoms with Crippen LogP contribution in [0.25, 0.3) is 5.57 Å². The molecule has 0 unspecified atom stereocenters. The fourth-order valence-electron chi connectivity index (χ4n) is 1.73. The molecule has 2 rings (SSSR count). The van der Waals surface area contributed by atoms with Crippen LogP contribution in [0.1, 0.15) is 18.9 Å². The molecule has 16 heavy (non-hydrogen) atoms. The number of carbonyl (C=O) groups excluding carboxylic acids is 1. The summed E-state index contributed by atoms with van der Waals surface area (Å²) in [5, 5.41) is 0. The Balaban J connectivity index is 2.22. The molecular weight excluding hydrogens is 202 g/mol. The molecule has 1 aliphatic heterocycles. The Morgan fingerprint density at radius 3 is 2.75 bits per heavy atom. The zero-order chi connectivity index (χ0) is 11.4. The van der Waals surface area contributed by atoms with Crippen molar-refractivity contribution in [3.05, 3.63) is 42.1 Å². The molecule has 0 saturated carbocycles. The molecule has 0 aromatic heterocycles. The topological polar surface area (TPSA) is 29.5 Å². The molecule has 0 atom stereocenters. The van der Waals surface area contributed by atoms with Gasteiger partial charge in [-0.05, 0) is 17.6 Å². The van der Waals surface area contributed by atoms with Crippen molar-refractivity contribution in [3.63, 3.8) is 0 Å². The van der Waals surface area contributed by atoms with Crippen LogP contribution in [-0.4, -0.2) is 24.1 Å². The monoisotopic (exact) mass is 217 g/mol. The van der Waals surface area contributed by atoms with Gasteiger partial charge in [0, 0.05) is 6.20 Å². The average Bonchev–Trinajstić information content (AvgIpc) is 2.73. The molecule has 1 aliphatic rings. The van der Waals surface area contributed by atoms with Gasteiger partial charge in [-0.3, -0.25) is 4.90 Å². The van der Waals surface area contributed by atoms with Gasteiger partial charge < -0.3 is 4.74 Å². The standard InChI is InChI=1S/C13H15NO2/c1-2-11(12-6-4-3-5-7-12)10-14-8-9-16-13(14)15/h3-7,10H,2,8-9H2,1H3/b11-10-. The van der Waals surface area contributed by atoms with Gasteiger partial charge in [0.25, 0.3) is 0 Å². The number of rotatable bonds is 3. The number of amides is 1. The van der Waals surface area contributed by atoms with Crippen LogP contribution in [0.2, 0.25) is 0 Å². The Morgan fingerprint density at radius 2 is 2.19 bits per heavy atom. The first kappa shape index (κ1) is 10.7. The fourth-order valence-corrected chi connectivity index (χ4v) is 1.73. The third kappa shape index (κ3) is 2.24. The summed E-state index contributed by atoms with van der Waals surface area (Å²) in [7, 11) is 0. The minimum Gasteiger partial charge on any atom is -0.447 e. The van der Waals surface area contributed by atoms with Crippen molar-refractivity contribution in [1.82, 2.24) is 4.90 Å². The Bertz CT molecular complexity index is 398. The predicted molar refractivity (Wildman–Crippen MR) is 62.8 cm³/mol. The van der Waals surface area contributed by atoms with Crippen molar-refractivity contribution in [3.8, 4) is 0 Å². The van der Waals surface area contributed by atoms with E-state index in [1.54, 1.807) is 4.90 Å². The summed E-state index contributed by atoms with van der Waals surface area (Å²) in [6.07, 6.45) is 2.54. The summed E-state index contributed by atoms with van der Waals surface area (Å²) in [6, 6.07) is 10.1. The maximum absolute atomic E-state index is 11.3. The number of nitrogens with zero attached hydrogens (tertiary/aromatic N) is 1. The van der Waals surface area contributed by atoms with Crippen LogP contribution in [0, 0.1) is 0 Å². The molecule has 1 heterocycles. The maximum atomic E-state index is 11.3. The van der Waals surface area contributed by atoms with Gasteiger partial charge in [-0.1, -0.05) is 37.3 Å². The number of benzene rings is 1. The highest BCUT2D eigenvalue weighted by Crippen LogP contribution is 2.19. The average molecular weight is 217 g/mol. The largest absolute Gasteiger partial charge is 0.447 e. The van der Waals surface area contributed by atoms with Gasteiger partial charge in [0.05, 0.1) is 6.54 Å². The number of hydrogen-bond donors (Lipinski definition) is 0. The molecule has 0 bridgehead atoms. The quantitative estimate of drug-likeness (QED) is 0.779. The van der Waals surface area contributed by atoms with E-state index in [9.17, 15) is 4.79 Å². The van der Waals surface area contributed by atoms with Crippen molar-refractivity contribution < 1.29 is 9.53 Å². The van der Waals surface area contributed by atoms with Gasteiger partial charge in [0.2, 0.25) is 0 Å². The molecule has 0 aliphatic carbocycles. The van der Waals surface area contributed by atoms with E-state index in [1.807, 2.05) is 24.4 Å². The Hall–Kier alpha value is -1.77. The molecule has 1 aromatic rings. The van der Waals surface area contributed by atoms with Crippen LogP contribution >= 0.6 is 0 Å². The van der Waals surface area contributed by atoms with E-state index in [2.05, 4.69) is 19.1 Å². The second kappa shape index (κ2) is 4.84. The van der Waals surface area contributed by atoms with E-state index >= 15 is 0 Å². The summed E-state index contributed by atoms with van der Waals surface area (Å²) in [5.74, 6) is 0. The van der Waals surface area contributed by atoms with E-state index < -0.39 is 0 Å². The lowest BCUT2D eigenvalue weighted by Gasteiger charge is -2.10. The molecule has 0 spiro atoms. The Labute approximate surface area is 95.3 Å². The first-order valence-electron chi connectivity index (χ1n) is 5.50. The van der Waals surface area contributed by atoms with Gasteiger partial charge in [-0.15, -0.1) is 0 Å². The van der Waals surface area contributed by atoms with Gasteiger partial charge in [0.1, 0.15) is 6.61 Å². The smallest absolute Gasteiger partial charge is 0.413 e. The van der Waals surface area contributed by atoms with Crippen molar-refractivity contribution in [2.75, 3.05) is 13.2 Å². The maximum Gasteiger partial charge on any atom is 0.413 e. The molecule has 1 amide bonds. The first-order valence-corrected chi connectivity index (χ1v) is 5.50. The minimum absolute atomic E-state index is 0.248. The zero-order valence-electron chi connectivity index (χ0n) is 9.35. The highest BCUT2D eigenvalue weighted by Gasteiger charge is 2.20. The summed E-state index contributed by atoms with van der Waals surface area (Å²) in [6.45, 7) is 3.22. The number of allylic oxidation sites excluding steroid dienone is 1. The number of ether oxygens (including phenoxy) is 1. The van der Waals surface area contributed by atoms with E-state index in [0.717, 1.165) is 17.6 Å². The summed E-state index contributed by atoms with van der Waals surface area (Å²) in [5.41, 5.74) is 2.31. The van der Waals surface area contributed by atoms with Crippen molar-refractivity contribution in [2.45, 2.75) is 13.3 Å². The fraction of sp³-hybridized carbons (Fsp3) is 0.308. The van der Waals surface area contributed by atoms with Gasteiger partial charge >= 0.3 is 6.09 Å². The lowest BCUT2D eigenvalue weighted by molar-refractivity contribution is 0.166. The molecule has 0 radical (unpaired) electrons. The van der Waals surface area contributed by atoms with Crippen LogP contribution < -0.4 is 0 Å². The molecule has 3 nitrogen and oxygen atoms in total. The molecule has 1 saturated heterocycles. The zero-order valence-corrected chi connectivity index (χ0v) is 9.35. The van der Waals surface area contributed by atoms with E-state index in [-0.39, 0.29) is 6.09 Å². The molecule has 0 N–H and O–H groups in total. The summed E-state index contributed by atoms with van der Waals surface area (Å²) in [4.78, 5) is 12.9. The van der Waals surface area contributed by atoms with Gasteiger partial charge in [0.15, 0.2) is 0 Å². The van der Waals surface area contributed by atoms with Crippen molar-refractivity contribution >= 4 is 11.7 Å². The lowest BCUT2D eigenvalue weighted by Crippen LogP contribution is -2.17. The highest BCUT2D eigenvalue weighted by atomic mass is 16.6. The molecule has 3 heteroatoms. The van der Waals surface area contributed by atoms with Crippen LogP contribution in [0.15, 0.2) is 36.5 Å². The van der Waals surface area contributed by atoms with Crippen LogP contribution in [0.4, 0.5) is 4.79 Å². The highest BCUT2D eigenvalue weighted by molar-refractivity contribution is 5.74. The van der Waals surface area contributed by atoms with Gasteiger partial charge in [-0.2, -0.15) is 0 Å². The predicted octanol–water partition coefficient (Wildman–Crippen LogP) is 2.89. The lowest BCUT2D eigenvalue weighted by atomic mass is 10.0.